The Labute approximate surface area is 237 Å². The molecule has 0 amide bonds. The number of hydrogen-bond donors (Lipinski definition) is 0. The van der Waals surface area contributed by atoms with E-state index in [1.807, 2.05) is 0 Å². The van der Waals surface area contributed by atoms with Crippen LogP contribution in [0.2, 0.25) is 0 Å². The zero-order valence-corrected chi connectivity index (χ0v) is 22.6. The zero-order valence-electron chi connectivity index (χ0n) is 10.6. The maximum absolute atomic E-state index is 10.3. The summed E-state index contributed by atoms with van der Waals surface area (Å²) in [5.74, 6) is 0. The minimum atomic E-state index is -5.27. The van der Waals surface area contributed by atoms with E-state index >= 15 is 0 Å². The third-order valence-corrected chi connectivity index (χ3v) is 3.36. The van der Waals surface area contributed by atoms with E-state index in [1.54, 1.807) is 0 Å². The SMILES string of the molecule is O=P([O-])([O-])CN(CP(=O)([O-])[O-])CP(=O)([O-])[O-].[K+].[K+].[K+]. The Morgan fingerprint density at radius 2 is 0.737 bits per heavy atom. The molecule has 0 N–H and O–H groups in total. The Morgan fingerprint density at radius 1 is 0.579 bits per heavy atom. The van der Waals surface area contributed by atoms with Crippen molar-refractivity contribution in [1.29, 1.82) is 0 Å². The van der Waals surface area contributed by atoms with Crippen molar-refractivity contribution in [2.24, 2.45) is 0 Å². The first-order valence-corrected chi connectivity index (χ1v) is 8.72. The van der Waals surface area contributed by atoms with Crippen LogP contribution in [0.25, 0.3) is 0 Å². The molecular weight excluding hydrogens is 404 g/mol. The third-order valence-electron chi connectivity index (χ3n) is 1.12. The molecule has 0 radical (unpaired) electrons. The van der Waals surface area contributed by atoms with Crippen molar-refractivity contribution < 1.29 is 197 Å². The number of rotatable bonds is 6. The van der Waals surface area contributed by atoms with E-state index in [-0.39, 0.29) is 159 Å². The molecular formula is C3H6K3NO9P3-3. The fraction of sp³-hybridized carbons (Fsp3) is 1.00. The maximum atomic E-state index is 10.3. The van der Waals surface area contributed by atoms with Crippen molar-refractivity contribution in [2.45, 2.75) is 0 Å². The summed E-state index contributed by atoms with van der Waals surface area (Å²) in [6, 6.07) is 0. The molecule has 0 atom stereocenters. The van der Waals surface area contributed by atoms with Gasteiger partial charge in [-0.2, -0.15) is 0 Å². The zero-order chi connectivity index (χ0) is 13.2. The van der Waals surface area contributed by atoms with E-state index in [0.29, 0.717) is 0 Å². The maximum Gasteiger partial charge on any atom is 1.00 e. The van der Waals surface area contributed by atoms with Gasteiger partial charge in [-0.3, -0.25) is 4.90 Å². The number of nitrogens with zero attached hydrogens (tertiary/aromatic N) is 1. The van der Waals surface area contributed by atoms with Gasteiger partial charge in [-0.05, 0) is 0 Å². The van der Waals surface area contributed by atoms with Crippen LogP contribution in [-0.2, 0) is 13.7 Å². The average Bonchev–Trinajstić information content (AvgIpc) is 1.70. The van der Waals surface area contributed by atoms with Gasteiger partial charge in [0.1, 0.15) is 0 Å². The molecule has 0 unspecified atom stereocenters. The predicted octanol–water partition coefficient (Wildman–Crippen LogP) is -14.1. The summed E-state index contributed by atoms with van der Waals surface area (Å²) in [5.41, 5.74) is 0. The van der Waals surface area contributed by atoms with Crippen LogP contribution in [-0.4, -0.2) is 23.8 Å². The van der Waals surface area contributed by atoms with Gasteiger partial charge < -0.3 is 43.1 Å². The molecule has 0 aromatic heterocycles. The van der Waals surface area contributed by atoms with E-state index < -0.39 is 41.6 Å². The molecule has 0 bridgehead atoms. The Morgan fingerprint density at radius 3 is 0.842 bits per heavy atom. The van der Waals surface area contributed by atoms with Crippen LogP contribution in [0, 0.1) is 0 Å². The summed E-state index contributed by atoms with van der Waals surface area (Å²) in [6.45, 7) is 0. The normalized spacial score (nSPS) is 12.2. The fourth-order valence-corrected chi connectivity index (χ4v) is 3.41. The summed E-state index contributed by atoms with van der Waals surface area (Å²) in [6.07, 6.45) is -4.55. The van der Waals surface area contributed by atoms with E-state index in [0.717, 1.165) is 0 Å². The Kier molecular flexibility index (Phi) is 22.8. The van der Waals surface area contributed by atoms with Gasteiger partial charge in [0.25, 0.3) is 0 Å². The fourth-order valence-electron chi connectivity index (χ4n) is 0.869. The Balaban J connectivity index is -0.000000375. The monoisotopic (exact) mass is 410 g/mol. The van der Waals surface area contributed by atoms with Crippen molar-refractivity contribution >= 4 is 22.8 Å². The molecule has 16 heteroatoms. The van der Waals surface area contributed by atoms with Crippen LogP contribution in [0.1, 0.15) is 0 Å². The van der Waals surface area contributed by atoms with Gasteiger partial charge in [-0.1, -0.05) is 22.8 Å². The third kappa shape index (κ3) is 25.7. The molecule has 0 aliphatic carbocycles. The first-order valence-electron chi connectivity index (χ1n) is 3.54. The topological polar surface area (TPSA) is 193 Å². The molecule has 98 valence electrons. The number of hydrogen-bond acceptors (Lipinski definition) is 10. The first-order chi connectivity index (χ1) is 6.79. The second-order valence-electron chi connectivity index (χ2n) is 2.93. The Hall–Kier alpha value is 5.32. The van der Waals surface area contributed by atoms with Crippen molar-refractivity contribution in [2.75, 3.05) is 18.9 Å². The van der Waals surface area contributed by atoms with Crippen LogP contribution in [0.5, 0.6) is 0 Å². The minimum Gasteiger partial charge on any atom is -0.810 e. The predicted molar refractivity (Wildman–Crippen MR) is 39.3 cm³/mol. The van der Waals surface area contributed by atoms with Gasteiger partial charge in [-0.25, -0.2) is 0 Å². The molecule has 0 rings (SSSR count). The molecule has 0 aromatic rings. The summed E-state index contributed by atoms with van der Waals surface area (Å²) in [4.78, 5) is 61.5. The van der Waals surface area contributed by atoms with Crippen molar-refractivity contribution in [3.8, 4) is 0 Å². The molecule has 0 aromatic carbocycles. The summed E-state index contributed by atoms with van der Waals surface area (Å²) in [7, 11) is -15.8. The van der Waals surface area contributed by atoms with Gasteiger partial charge in [0.05, 0.1) is 0 Å². The van der Waals surface area contributed by atoms with Crippen molar-refractivity contribution in [1.82, 2.24) is 4.90 Å². The van der Waals surface area contributed by atoms with Gasteiger partial charge in [0, 0.05) is 18.9 Å². The second kappa shape index (κ2) is 13.5. The largest absolute Gasteiger partial charge is 1.00 e. The first kappa shape index (κ1) is 32.0. The quantitative estimate of drug-likeness (QED) is 0.300. The van der Waals surface area contributed by atoms with Crippen LogP contribution >= 0.6 is 22.8 Å². The van der Waals surface area contributed by atoms with Crippen LogP contribution in [0.4, 0.5) is 0 Å². The van der Waals surface area contributed by atoms with Gasteiger partial charge in [0.15, 0.2) is 0 Å². The summed E-state index contributed by atoms with van der Waals surface area (Å²) < 4.78 is 30.8. The smallest absolute Gasteiger partial charge is 0.810 e. The van der Waals surface area contributed by atoms with Crippen LogP contribution < -0.4 is 184 Å². The molecule has 10 nitrogen and oxygen atoms in total. The molecule has 0 spiro atoms. The van der Waals surface area contributed by atoms with Gasteiger partial charge in [-0.15, -0.1) is 0 Å². The molecule has 0 aliphatic rings. The van der Waals surface area contributed by atoms with Gasteiger partial charge in [0.2, 0.25) is 0 Å². The molecule has 0 saturated carbocycles. The second-order valence-corrected chi connectivity index (χ2v) is 7.44. The minimum absolute atomic E-state index is 0. The Bertz CT molecular complexity index is 317. The van der Waals surface area contributed by atoms with E-state index in [1.165, 1.54) is 0 Å². The van der Waals surface area contributed by atoms with Crippen LogP contribution in [0.3, 0.4) is 0 Å². The van der Waals surface area contributed by atoms with E-state index in [2.05, 4.69) is 0 Å². The summed E-state index contributed by atoms with van der Waals surface area (Å²) >= 11 is 0. The van der Waals surface area contributed by atoms with Crippen molar-refractivity contribution in [3.63, 3.8) is 0 Å². The molecule has 0 heterocycles. The average molecular weight is 410 g/mol. The molecule has 0 saturated heterocycles. The van der Waals surface area contributed by atoms with Crippen molar-refractivity contribution in [3.05, 3.63) is 0 Å². The van der Waals surface area contributed by atoms with Gasteiger partial charge >= 0.3 is 154 Å². The molecule has 0 fully saturated rings. The van der Waals surface area contributed by atoms with E-state index in [4.69, 9.17) is 0 Å². The molecule has 19 heavy (non-hydrogen) atoms. The standard InChI is InChI=1S/C3H12NO9P3.3K/c5-14(6,7)1-4(2-15(8,9)10)3-16(11,12)13;;;/h1-3H2,(H2,5,6,7)(H2,8,9,10)(H2,11,12,13);;;/q;3*+1/p-6. The molecule has 0 aliphatic heterocycles. The van der Waals surface area contributed by atoms with E-state index in [9.17, 15) is 43.1 Å². The summed E-state index contributed by atoms with van der Waals surface area (Å²) in [5, 5.41) is 0. The van der Waals surface area contributed by atoms with Crippen LogP contribution in [0.15, 0.2) is 0 Å².